The summed E-state index contributed by atoms with van der Waals surface area (Å²) >= 11 is 0. The molecule has 0 spiro atoms. The fraction of sp³-hybridized carbons (Fsp3) is 0. The lowest BCUT2D eigenvalue weighted by atomic mass is 10.1. The Balaban J connectivity index is 1.11. The highest BCUT2D eigenvalue weighted by atomic mass is 28.3. The average molecular weight is 1000 g/mol. The second-order valence-corrected chi connectivity index (χ2v) is 27.4. The van der Waals surface area contributed by atoms with Crippen LogP contribution in [0, 0.1) is 0 Å². The molecular formula is C72H52N2Si2. The van der Waals surface area contributed by atoms with Crippen molar-refractivity contribution in [3.8, 4) is 22.5 Å². The second-order valence-electron chi connectivity index (χ2n) is 19.9. The maximum atomic E-state index is 2.55. The molecule has 76 heavy (non-hydrogen) atoms. The van der Waals surface area contributed by atoms with E-state index in [1.807, 2.05) is 0 Å². The first-order valence-electron chi connectivity index (χ1n) is 26.3. The first kappa shape index (κ1) is 45.3. The van der Waals surface area contributed by atoms with Crippen molar-refractivity contribution in [1.29, 1.82) is 0 Å². The van der Waals surface area contributed by atoms with Gasteiger partial charge in [-0.3, -0.25) is 0 Å². The summed E-state index contributed by atoms with van der Waals surface area (Å²) in [6.45, 7) is 0. The van der Waals surface area contributed by atoms with Crippen LogP contribution in [0.25, 0.3) is 66.1 Å². The van der Waals surface area contributed by atoms with E-state index >= 15 is 0 Å². The van der Waals surface area contributed by atoms with Crippen LogP contribution in [0.15, 0.2) is 315 Å². The van der Waals surface area contributed by atoms with E-state index in [0.717, 1.165) is 11.4 Å². The molecule has 0 saturated carbocycles. The summed E-state index contributed by atoms with van der Waals surface area (Å²) < 4.78 is 5.07. The zero-order valence-corrected chi connectivity index (χ0v) is 43.9. The second kappa shape index (κ2) is 18.9. The van der Waals surface area contributed by atoms with Crippen molar-refractivity contribution in [3.63, 3.8) is 0 Å². The molecule has 2 nitrogen and oxygen atoms in total. The molecule has 14 rings (SSSR count). The monoisotopic (exact) mass is 1000 g/mol. The highest BCUT2D eigenvalue weighted by molar-refractivity contribution is 7.21. The Bertz CT molecular complexity index is 4170. The number of nitrogens with zero attached hydrogens (tertiary/aromatic N) is 2. The summed E-state index contributed by atoms with van der Waals surface area (Å²) in [4.78, 5) is 0. The number of fused-ring (bicyclic) bond motifs is 6. The number of aromatic nitrogens is 2. The van der Waals surface area contributed by atoms with Gasteiger partial charge in [0.2, 0.25) is 0 Å². The first-order valence-corrected chi connectivity index (χ1v) is 30.3. The standard InChI is InChI=1S/C72H52N2Si2/c1-8-27-53(28-9-1)54-29-24-30-55(51-54)73-66-50-49-56(52-64(66)72-68(73)46-26-48-70(72)76(60-37-16-5-17-38-60,61-39-18-6-19-40-61)62-41-20-7-21-42-62)74-65-44-23-22-43-63(65)71-67(74)45-25-47-69(71)75(57-31-10-2-11-32-57,58-33-12-3-13-34-58)59-35-14-4-15-36-59/h1-52H. The van der Waals surface area contributed by atoms with E-state index in [4.69, 9.17) is 0 Å². The Morgan fingerprint density at radius 2 is 0.539 bits per heavy atom. The lowest BCUT2D eigenvalue weighted by Crippen LogP contribution is -2.74. The SMILES string of the molecule is c1ccc(-c2cccc(-n3c4ccc(-n5c6ccccc6c6c([Si](c7ccccc7)(c7ccccc7)c7ccccc7)cccc65)cc4c4c([Si](c5ccccc5)(c5ccccc5)c5ccccc5)cccc43)c2)cc1. The molecule has 0 N–H and O–H groups in total. The van der Waals surface area contributed by atoms with Gasteiger partial charge in [-0.1, -0.05) is 267 Å². The summed E-state index contributed by atoms with van der Waals surface area (Å²) in [6.07, 6.45) is 0. The van der Waals surface area contributed by atoms with E-state index < -0.39 is 16.1 Å². The van der Waals surface area contributed by atoms with E-state index in [2.05, 4.69) is 325 Å². The van der Waals surface area contributed by atoms with Crippen molar-refractivity contribution in [2.24, 2.45) is 0 Å². The fourth-order valence-electron chi connectivity index (χ4n) is 12.9. The number of hydrogen-bond donors (Lipinski definition) is 0. The maximum absolute atomic E-state index is 3.04. The van der Waals surface area contributed by atoms with Gasteiger partial charge in [-0.25, -0.2) is 0 Å². The van der Waals surface area contributed by atoms with Gasteiger partial charge < -0.3 is 9.13 Å². The van der Waals surface area contributed by atoms with Crippen LogP contribution in [0.1, 0.15) is 0 Å². The minimum Gasteiger partial charge on any atom is -0.309 e. The topological polar surface area (TPSA) is 9.86 Å². The molecule has 14 aromatic rings. The van der Waals surface area contributed by atoms with Gasteiger partial charge in [0.1, 0.15) is 0 Å². The zero-order chi connectivity index (χ0) is 50.5. The van der Waals surface area contributed by atoms with Crippen LogP contribution < -0.4 is 41.5 Å². The van der Waals surface area contributed by atoms with Gasteiger partial charge in [0, 0.05) is 32.9 Å². The van der Waals surface area contributed by atoms with Crippen molar-refractivity contribution in [3.05, 3.63) is 315 Å². The first-order chi connectivity index (χ1) is 37.7. The van der Waals surface area contributed by atoms with Crippen LogP contribution in [0.5, 0.6) is 0 Å². The fourth-order valence-corrected chi connectivity index (χ4v) is 22.9. The van der Waals surface area contributed by atoms with Gasteiger partial charge >= 0.3 is 0 Å². The van der Waals surface area contributed by atoms with Crippen molar-refractivity contribution < 1.29 is 0 Å². The number of hydrogen-bond acceptors (Lipinski definition) is 0. The molecule has 0 radical (unpaired) electrons. The normalized spacial score (nSPS) is 11.9. The van der Waals surface area contributed by atoms with Crippen LogP contribution in [0.4, 0.5) is 0 Å². The predicted octanol–water partition coefficient (Wildman–Crippen LogP) is 12.3. The highest BCUT2D eigenvalue weighted by Crippen LogP contribution is 2.38. The van der Waals surface area contributed by atoms with Gasteiger partial charge in [-0.2, -0.15) is 0 Å². The molecular weight excluding hydrogens is 949 g/mol. The van der Waals surface area contributed by atoms with Gasteiger partial charge in [0.15, 0.2) is 16.1 Å². The molecule has 2 aromatic heterocycles. The van der Waals surface area contributed by atoms with E-state index in [1.54, 1.807) is 0 Å². The number of rotatable bonds is 11. The number of para-hydroxylation sites is 1. The van der Waals surface area contributed by atoms with E-state index in [0.29, 0.717) is 0 Å². The molecule has 4 heteroatoms. The minimum absolute atomic E-state index is 1.13. The zero-order valence-electron chi connectivity index (χ0n) is 41.9. The smallest absolute Gasteiger partial charge is 0.180 e. The van der Waals surface area contributed by atoms with Crippen LogP contribution in [0.3, 0.4) is 0 Å². The van der Waals surface area contributed by atoms with Gasteiger partial charge in [-0.05, 0) is 101 Å². The van der Waals surface area contributed by atoms with Crippen LogP contribution in [-0.4, -0.2) is 25.3 Å². The average Bonchev–Trinajstić information content (AvgIpc) is 4.03. The molecule has 0 amide bonds. The van der Waals surface area contributed by atoms with Crippen molar-refractivity contribution in [2.45, 2.75) is 0 Å². The Morgan fingerprint density at radius 3 is 0.987 bits per heavy atom. The largest absolute Gasteiger partial charge is 0.309 e. The quantitative estimate of drug-likeness (QED) is 0.0903. The molecule has 0 aliphatic rings. The Kier molecular flexibility index (Phi) is 11.2. The molecule has 0 fully saturated rings. The third-order valence-electron chi connectivity index (χ3n) is 16.0. The molecule has 0 aliphatic heterocycles. The van der Waals surface area contributed by atoms with E-state index in [9.17, 15) is 0 Å². The van der Waals surface area contributed by atoms with Crippen molar-refractivity contribution in [1.82, 2.24) is 9.13 Å². The molecule has 0 unspecified atom stereocenters. The Morgan fingerprint density at radius 1 is 0.211 bits per heavy atom. The lowest BCUT2D eigenvalue weighted by Gasteiger charge is -2.35. The predicted molar refractivity (Wildman–Crippen MR) is 328 cm³/mol. The summed E-state index contributed by atoms with van der Waals surface area (Å²) in [5.74, 6) is 0. The molecule has 0 saturated heterocycles. The van der Waals surface area contributed by atoms with Crippen molar-refractivity contribution in [2.75, 3.05) is 0 Å². The summed E-state index contributed by atoms with van der Waals surface area (Å²) in [6, 6.07) is 118. The third kappa shape index (κ3) is 7.06. The minimum atomic E-state index is -3.04. The molecule has 2 heterocycles. The molecule has 358 valence electrons. The van der Waals surface area contributed by atoms with E-state index in [-0.39, 0.29) is 0 Å². The maximum Gasteiger partial charge on any atom is 0.180 e. The molecule has 0 bridgehead atoms. The molecule has 0 atom stereocenters. The summed E-state index contributed by atoms with van der Waals surface area (Å²) in [5, 5.41) is 15.9. The van der Waals surface area contributed by atoms with Crippen molar-refractivity contribution >= 4 is 101 Å². The highest BCUT2D eigenvalue weighted by Gasteiger charge is 2.45. The van der Waals surface area contributed by atoms with Gasteiger partial charge in [0.05, 0.1) is 22.1 Å². The summed E-state index contributed by atoms with van der Waals surface area (Å²) in [5.41, 5.74) is 9.36. The Labute approximate surface area is 445 Å². The lowest BCUT2D eigenvalue weighted by molar-refractivity contribution is 1.17. The Hall–Kier alpha value is -9.33. The van der Waals surface area contributed by atoms with E-state index in [1.165, 1.54) is 96.2 Å². The third-order valence-corrected chi connectivity index (χ3v) is 25.6. The molecule has 12 aromatic carbocycles. The van der Waals surface area contributed by atoms with Gasteiger partial charge in [-0.15, -0.1) is 0 Å². The van der Waals surface area contributed by atoms with Crippen LogP contribution in [0.2, 0.25) is 0 Å². The van der Waals surface area contributed by atoms with Crippen LogP contribution in [-0.2, 0) is 0 Å². The summed E-state index contributed by atoms with van der Waals surface area (Å²) in [7, 11) is -5.99. The number of benzene rings is 12. The van der Waals surface area contributed by atoms with Gasteiger partial charge in [0.25, 0.3) is 0 Å². The van der Waals surface area contributed by atoms with Crippen LogP contribution >= 0.6 is 0 Å². The molecule has 0 aliphatic carbocycles.